The average Bonchev–Trinajstić information content (AvgIpc) is 2.47. The van der Waals surface area contributed by atoms with E-state index in [1.54, 1.807) is 0 Å². The molecule has 0 aliphatic carbocycles. The molecule has 0 spiro atoms. The summed E-state index contributed by atoms with van der Waals surface area (Å²) >= 11 is 0. The summed E-state index contributed by atoms with van der Waals surface area (Å²) < 4.78 is 5.71. The van der Waals surface area contributed by atoms with Crippen LogP contribution in [-0.2, 0) is 5.41 Å². The largest absolute Gasteiger partial charge is 0.491 e. The highest BCUT2D eigenvalue weighted by Gasteiger charge is 2.31. The standard InChI is InChI=1S/C19H24O2/c1-14(2)21-17-12-8-9-15(13-17)18(20)19(3,4)16-10-6-5-7-11-16/h5-14,18,20H,1-4H3. The third-order valence-corrected chi connectivity index (χ3v) is 3.75. The van der Waals surface area contributed by atoms with Crippen molar-refractivity contribution in [1.82, 2.24) is 0 Å². The third kappa shape index (κ3) is 3.64. The van der Waals surface area contributed by atoms with Gasteiger partial charge in [-0.1, -0.05) is 56.3 Å². The van der Waals surface area contributed by atoms with Crippen molar-refractivity contribution in [3.63, 3.8) is 0 Å². The van der Waals surface area contributed by atoms with Crippen molar-refractivity contribution in [3.05, 3.63) is 65.7 Å². The fourth-order valence-corrected chi connectivity index (χ4v) is 2.47. The molecule has 0 aromatic heterocycles. The number of aliphatic hydroxyl groups excluding tert-OH is 1. The van der Waals surface area contributed by atoms with Crippen molar-refractivity contribution < 1.29 is 9.84 Å². The second-order valence-corrected chi connectivity index (χ2v) is 6.23. The van der Waals surface area contributed by atoms with Crippen molar-refractivity contribution in [2.75, 3.05) is 0 Å². The van der Waals surface area contributed by atoms with Gasteiger partial charge >= 0.3 is 0 Å². The zero-order valence-electron chi connectivity index (χ0n) is 13.2. The number of aliphatic hydroxyl groups is 1. The molecular formula is C19H24O2. The second kappa shape index (κ2) is 6.31. The molecule has 0 heterocycles. The SMILES string of the molecule is CC(C)Oc1cccc(C(O)C(C)(C)c2ccccc2)c1. The Morgan fingerprint density at radius 1 is 0.952 bits per heavy atom. The van der Waals surface area contributed by atoms with Crippen molar-refractivity contribution in [2.24, 2.45) is 0 Å². The number of hydrogen-bond donors (Lipinski definition) is 1. The smallest absolute Gasteiger partial charge is 0.120 e. The summed E-state index contributed by atoms with van der Waals surface area (Å²) in [6, 6.07) is 17.8. The Morgan fingerprint density at radius 2 is 1.62 bits per heavy atom. The normalized spacial score (nSPS) is 13.2. The quantitative estimate of drug-likeness (QED) is 0.877. The maximum Gasteiger partial charge on any atom is 0.120 e. The van der Waals surface area contributed by atoms with Gasteiger partial charge in [-0.3, -0.25) is 0 Å². The highest BCUT2D eigenvalue weighted by molar-refractivity contribution is 5.35. The minimum Gasteiger partial charge on any atom is -0.491 e. The van der Waals surface area contributed by atoms with Crippen LogP contribution >= 0.6 is 0 Å². The van der Waals surface area contributed by atoms with Gasteiger partial charge in [-0.25, -0.2) is 0 Å². The zero-order chi connectivity index (χ0) is 15.5. The van der Waals surface area contributed by atoms with E-state index in [1.807, 2.05) is 56.3 Å². The van der Waals surface area contributed by atoms with E-state index >= 15 is 0 Å². The van der Waals surface area contributed by atoms with Crippen LogP contribution in [0.5, 0.6) is 5.75 Å². The Morgan fingerprint density at radius 3 is 2.24 bits per heavy atom. The van der Waals surface area contributed by atoms with Crippen LogP contribution in [0.3, 0.4) is 0 Å². The molecule has 1 unspecified atom stereocenters. The molecule has 0 aliphatic heterocycles. The van der Waals surface area contributed by atoms with Crippen molar-refractivity contribution in [3.8, 4) is 5.75 Å². The first-order valence-electron chi connectivity index (χ1n) is 7.41. The molecular weight excluding hydrogens is 260 g/mol. The zero-order valence-corrected chi connectivity index (χ0v) is 13.2. The Balaban J connectivity index is 2.29. The molecule has 21 heavy (non-hydrogen) atoms. The summed E-state index contributed by atoms with van der Waals surface area (Å²) in [5, 5.41) is 10.8. The molecule has 0 saturated heterocycles. The van der Waals surface area contributed by atoms with Crippen LogP contribution < -0.4 is 4.74 Å². The predicted octanol–water partition coefficient (Wildman–Crippen LogP) is 4.49. The lowest BCUT2D eigenvalue weighted by Gasteiger charge is -2.31. The Labute approximate surface area is 127 Å². The highest BCUT2D eigenvalue weighted by atomic mass is 16.5. The van der Waals surface area contributed by atoms with Crippen LogP contribution in [0.25, 0.3) is 0 Å². The molecule has 0 aliphatic rings. The van der Waals surface area contributed by atoms with Crippen LogP contribution in [-0.4, -0.2) is 11.2 Å². The van der Waals surface area contributed by atoms with E-state index in [0.29, 0.717) is 0 Å². The minimum absolute atomic E-state index is 0.125. The van der Waals surface area contributed by atoms with Crippen LogP contribution in [0.1, 0.15) is 44.9 Å². The molecule has 0 saturated carbocycles. The van der Waals surface area contributed by atoms with Gasteiger partial charge in [0.05, 0.1) is 12.2 Å². The lowest BCUT2D eigenvalue weighted by atomic mass is 9.77. The lowest BCUT2D eigenvalue weighted by Crippen LogP contribution is -2.26. The molecule has 112 valence electrons. The summed E-state index contributed by atoms with van der Waals surface area (Å²) in [5.74, 6) is 0.797. The van der Waals surface area contributed by atoms with E-state index in [4.69, 9.17) is 4.74 Å². The minimum atomic E-state index is -0.587. The number of rotatable bonds is 5. The molecule has 2 heteroatoms. The number of benzene rings is 2. The lowest BCUT2D eigenvalue weighted by molar-refractivity contribution is 0.0997. The molecule has 2 aromatic rings. The van der Waals surface area contributed by atoms with Gasteiger partial charge in [-0.2, -0.15) is 0 Å². The van der Waals surface area contributed by atoms with Gasteiger partial charge < -0.3 is 9.84 Å². The first-order valence-corrected chi connectivity index (χ1v) is 7.41. The highest BCUT2D eigenvalue weighted by Crippen LogP contribution is 2.37. The monoisotopic (exact) mass is 284 g/mol. The van der Waals surface area contributed by atoms with Gasteiger partial charge in [0.15, 0.2) is 0 Å². The number of hydrogen-bond acceptors (Lipinski definition) is 2. The van der Waals surface area contributed by atoms with Gasteiger partial charge in [-0.05, 0) is 37.1 Å². The molecule has 2 aromatic carbocycles. The van der Waals surface area contributed by atoms with Gasteiger partial charge in [0, 0.05) is 5.41 Å². The third-order valence-electron chi connectivity index (χ3n) is 3.75. The molecule has 0 radical (unpaired) electrons. The molecule has 1 atom stereocenters. The first kappa shape index (κ1) is 15.6. The van der Waals surface area contributed by atoms with Gasteiger partial charge in [0.25, 0.3) is 0 Å². The van der Waals surface area contributed by atoms with E-state index in [9.17, 15) is 5.11 Å². The maximum atomic E-state index is 10.8. The fourth-order valence-electron chi connectivity index (χ4n) is 2.47. The average molecular weight is 284 g/mol. The van der Waals surface area contributed by atoms with Crippen molar-refractivity contribution >= 4 is 0 Å². The summed E-state index contributed by atoms with van der Waals surface area (Å²) in [4.78, 5) is 0. The van der Waals surface area contributed by atoms with Crippen LogP contribution in [0.15, 0.2) is 54.6 Å². The van der Waals surface area contributed by atoms with Crippen LogP contribution in [0.4, 0.5) is 0 Å². The molecule has 2 rings (SSSR count). The van der Waals surface area contributed by atoms with Gasteiger partial charge in [0.2, 0.25) is 0 Å². The first-order chi connectivity index (χ1) is 9.91. The fraction of sp³-hybridized carbons (Fsp3) is 0.368. The Kier molecular flexibility index (Phi) is 4.69. The van der Waals surface area contributed by atoms with Gasteiger partial charge in [-0.15, -0.1) is 0 Å². The van der Waals surface area contributed by atoms with E-state index in [2.05, 4.69) is 26.0 Å². The van der Waals surface area contributed by atoms with E-state index in [-0.39, 0.29) is 11.5 Å². The molecule has 0 fully saturated rings. The maximum absolute atomic E-state index is 10.8. The number of ether oxygens (including phenoxy) is 1. The molecule has 0 amide bonds. The summed E-state index contributed by atoms with van der Waals surface area (Å²) in [6.07, 6.45) is -0.463. The molecule has 0 bridgehead atoms. The summed E-state index contributed by atoms with van der Waals surface area (Å²) in [7, 11) is 0. The van der Waals surface area contributed by atoms with Crippen LogP contribution in [0.2, 0.25) is 0 Å². The Bertz CT molecular complexity index is 573. The van der Waals surface area contributed by atoms with E-state index in [1.165, 1.54) is 0 Å². The van der Waals surface area contributed by atoms with E-state index in [0.717, 1.165) is 16.9 Å². The second-order valence-electron chi connectivity index (χ2n) is 6.23. The predicted molar refractivity (Wildman–Crippen MR) is 86.6 cm³/mol. The van der Waals surface area contributed by atoms with Crippen LogP contribution in [0, 0.1) is 0 Å². The summed E-state index contributed by atoms with van der Waals surface area (Å²) in [5.41, 5.74) is 1.63. The van der Waals surface area contributed by atoms with E-state index < -0.39 is 6.10 Å². The van der Waals surface area contributed by atoms with Crippen molar-refractivity contribution in [2.45, 2.75) is 45.3 Å². The topological polar surface area (TPSA) is 29.5 Å². The molecule has 2 nitrogen and oxygen atoms in total. The Hall–Kier alpha value is -1.80. The summed E-state index contributed by atoms with van der Waals surface area (Å²) in [6.45, 7) is 8.11. The van der Waals surface area contributed by atoms with Crippen molar-refractivity contribution in [1.29, 1.82) is 0 Å². The van der Waals surface area contributed by atoms with Gasteiger partial charge in [0.1, 0.15) is 5.75 Å². The molecule has 1 N–H and O–H groups in total.